The number of carbonyl (C=O) groups excluding carboxylic acids is 1. The molecule has 0 saturated heterocycles. The lowest BCUT2D eigenvalue weighted by Gasteiger charge is -2.05. The Balaban J connectivity index is 2.18. The maximum absolute atomic E-state index is 12.0. The lowest BCUT2D eigenvalue weighted by molar-refractivity contribution is 0.103. The number of hydrogen-bond acceptors (Lipinski definition) is 3. The number of benzene rings is 1. The number of nitrogens with one attached hydrogen (secondary N) is 1. The van der Waals surface area contributed by atoms with Gasteiger partial charge in [0.15, 0.2) is 0 Å². The van der Waals surface area contributed by atoms with Crippen LogP contribution < -0.4 is 5.32 Å². The Hall–Kier alpha value is -1.81. The first-order valence-corrected chi connectivity index (χ1v) is 6.47. The topological polar surface area (TPSA) is 49.3 Å². The van der Waals surface area contributed by atoms with E-state index in [0.29, 0.717) is 10.6 Å². The molecule has 0 aliphatic carbocycles. The molecule has 1 aromatic carbocycles. The number of anilines is 1. The highest BCUT2D eigenvalue weighted by Gasteiger charge is 2.11. The van der Waals surface area contributed by atoms with E-state index in [1.54, 1.807) is 25.1 Å². The third kappa shape index (κ3) is 2.54. The number of rotatable bonds is 2. The summed E-state index contributed by atoms with van der Waals surface area (Å²) in [7, 11) is 0. The molecule has 1 aromatic heterocycles. The molecule has 0 saturated carbocycles. The number of aryl methyl sites for hydroxylation is 3. The summed E-state index contributed by atoms with van der Waals surface area (Å²) in [6.07, 6.45) is 0. The maximum atomic E-state index is 12.0. The van der Waals surface area contributed by atoms with Crippen molar-refractivity contribution in [1.82, 2.24) is 0 Å². The Morgan fingerprint density at radius 3 is 2.44 bits per heavy atom. The van der Waals surface area contributed by atoms with Crippen molar-refractivity contribution in [2.45, 2.75) is 20.8 Å². The summed E-state index contributed by atoms with van der Waals surface area (Å²) in [6.45, 7) is 5.79. The van der Waals surface area contributed by atoms with Crippen LogP contribution in [0.25, 0.3) is 0 Å². The molecule has 3 nitrogen and oxygen atoms in total. The van der Waals surface area contributed by atoms with Crippen molar-refractivity contribution in [3.05, 3.63) is 45.1 Å². The summed E-state index contributed by atoms with van der Waals surface area (Å²) < 4.78 is 0. The van der Waals surface area contributed by atoms with E-state index < -0.39 is 0 Å². The van der Waals surface area contributed by atoms with Gasteiger partial charge < -0.3 is 10.4 Å². The molecular formula is C14H15NO2S. The Bertz CT molecular complexity index is 582. The zero-order chi connectivity index (χ0) is 13.3. The molecular weight excluding hydrogens is 246 g/mol. The lowest BCUT2D eigenvalue weighted by Crippen LogP contribution is -2.10. The van der Waals surface area contributed by atoms with Gasteiger partial charge in [0.1, 0.15) is 5.75 Å². The zero-order valence-corrected chi connectivity index (χ0v) is 11.4. The van der Waals surface area contributed by atoms with Gasteiger partial charge in [0.25, 0.3) is 5.91 Å². The number of phenols is 1. The minimum atomic E-state index is -0.110. The predicted octanol–water partition coefficient (Wildman–Crippen LogP) is 3.63. The predicted molar refractivity (Wildman–Crippen MR) is 74.6 cm³/mol. The number of amides is 1. The van der Waals surface area contributed by atoms with Crippen LogP contribution in [0.5, 0.6) is 5.75 Å². The molecule has 2 rings (SSSR count). The van der Waals surface area contributed by atoms with Gasteiger partial charge in [0, 0.05) is 10.6 Å². The number of carbonyl (C=O) groups is 1. The number of hydrogen-bond donors (Lipinski definition) is 2. The number of aromatic hydroxyl groups is 1. The van der Waals surface area contributed by atoms with Crippen LogP contribution in [0.15, 0.2) is 24.3 Å². The average molecular weight is 261 g/mol. The first kappa shape index (κ1) is 12.6. The SMILES string of the molecule is Cc1cc(NC(=O)c2cc(C)c(C)s2)ccc1O. The fourth-order valence-corrected chi connectivity index (χ4v) is 2.54. The highest BCUT2D eigenvalue weighted by molar-refractivity contribution is 7.14. The summed E-state index contributed by atoms with van der Waals surface area (Å²) in [6, 6.07) is 6.91. The maximum Gasteiger partial charge on any atom is 0.265 e. The third-order valence-corrected chi connectivity index (χ3v) is 4.00. The fraction of sp³-hybridized carbons (Fsp3) is 0.214. The smallest absolute Gasteiger partial charge is 0.265 e. The minimum absolute atomic E-state index is 0.110. The van der Waals surface area contributed by atoms with Crippen LogP contribution >= 0.6 is 11.3 Å². The van der Waals surface area contributed by atoms with Crippen LogP contribution in [0, 0.1) is 20.8 Å². The van der Waals surface area contributed by atoms with Gasteiger partial charge >= 0.3 is 0 Å². The molecule has 0 atom stereocenters. The second-order valence-corrected chi connectivity index (χ2v) is 5.56. The van der Waals surface area contributed by atoms with E-state index in [-0.39, 0.29) is 11.7 Å². The van der Waals surface area contributed by atoms with Crippen LogP contribution in [-0.2, 0) is 0 Å². The molecule has 0 aliphatic rings. The van der Waals surface area contributed by atoms with E-state index in [9.17, 15) is 9.90 Å². The van der Waals surface area contributed by atoms with Crippen molar-refractivity contribution in [1.29, 1.82) is 0 Å². The standard InChI is InChI=1S/C14H15NO2S/c1-8-7-13(18-10(8)3)14(17)15-11-4-5-12(16)9(2)6-11/h4-7,16H,1-3H3,(H,15,17). The van der Waals surface area contributed by atoms with Crippen LogP contribution in [0.4, 0.5) is 5.69 Å². The van der Waals surface area contributed by atoms with Crippen molar-refractivity contribution in [2.24, 2.45) is 0 Å². The number of phenolic OH excluding ortho intramolecular Hbond substituents is 1. The fourth-order valence-electron chi connectivity index (χ4n) is 1.61. The van der Waals surface area contributed by atoms with Crippen LogP contribution in [-0.4, -0.2) is 11.0 Å². The molecule has 0 bridgehead atoms. The lowest BCUT2D eigenvalue weighted by atomic mass is 10.2. The van der Waals surface area contributed by atoms with Crippen molar-refractivity contribution in [2.75, 3.05) is 5.32 Å². The third-order valence-electron chi connectivity index (χ3n) is 2.84. The largest absolute Gasteiger partial charge is 0.508 e. The van der Waals surface area contributed by atoms with Gasteiger partial charge in [-0.25, -0.2) is 0 Å². The molecule has 0 unspecified atom stereocenters. The molecule has 0 spiro atoms. The second-order valence-electron chi connectivity index (χ2n) is 4.31. The van der Waals surface area contributed by atoms with Crippen molar-refractivity contribution < 1.29 is 9.90 Å². The van der Waals surface area contributed by atoms with Crippen LogP contribution in [0.3, 0.4) is 0 Å². The molecule has 0 radical (unpaired) electrons. The first-order chi connectivity index (χ1) is 8.47. The first-order valence-electron chi connectivity index (χ1n) is 5.65. The van der Waals surface area contributed by atoms with Crippen LogP contribution in [0.2, 0.25) is 0 Å². The van der Waals surface area contributed by atoms with Gasteiger partial charge in [-0.05, 0) is 56.2 Å². The van der Waals surface area contributed by atoms with Gasteiger partial charge in [0.05, 0.1) is 4.88 Å². The molecule has 18 heavy (non-hydrogen) atoms. The van der Waals surface area contributed by atoms with Gasteiger partial charge in [-0.15, -0.1) is 11.3 Å². The van der Waals surface area contributed by atoms with E-state index in [4.69, 9.17) is 0 Å². The van der Waals surface area contributed by atoms with E-state index in [2.05, 4.69) is 5.32 Å². The molecule has 1 amide bonds. The molecule has 0 aliphatic heterocycles. The summed E-state index contributed by atoms with van der Waals surface area (Å²) in [5, 5.41) is 12.3. The Morgan fingerprint density at radius 1 is 1.17 bits per heavy atom. The van der Waals surface area contributed by atoms with Crippen molar-refractivity contribution in [3.63, 3.8) is 0 Å². The normalized spacial score (nSPS) is 10.4. The molecule has 1 heterocycles. The molecule has 4 heteroatoms. The summed E-state index contributed by atoms with van der Waals surface area (Å²) in [5.74, 6) is 0.122. The van der Waals surface area contributed by atoms with Gasteiger partial charge in [-0.2, -0.15) is 0 Å². The van der Waals surface area contributed by atoms with E-state index in [1.807, 2.05) is 19.9 Å². The molecule has 0 fully saturated rings. The van der Waals surface area contributed by atoms with Gasteiger partial charge in [-0.3, -0.25) is 4.79 Å². The number of thiophene rings is 1. The minimum Gasteiger partial charge on any atom is -0.508 e. The Morgan fingerprint density at radius 2 is 1.89 bits per heavy atom. The summed E-state index contributed by atoms with van der Waals surface area (Å²) >= 11 is 1.49. The van der Waals surface area contributed by atoms with E-state index >= 15 is 0 Å². The Labute approximate surface area is 110 Å². The van der Waals surface area contributed by atoms with Crippen LogP contribution in [0.1, 0.15) is 25.7 Å². The highest BCUT2D eigenvalue weighted by Crippen LogP contribution is 2.23. The molecule has 2 aromatic rings. The van der Waals surface area contributed by atoms with E-state index in [0.717, 1.165) is 16.0 Å². The summed E-state index contributed by atoms with van der Waals surface area (Å²) in [5.41, 5.74) is 2.57. The van der Waals surface area contributed by atoms with Crippen molar-refractivity contribution >= 4 is 22.9 Å². The summed E-state index contributed by atoms with van der Waals surface area (Å²) in [4.78, 5) is 13.9. The monoisotopic (exact) mass is 261 g/mol. The Kier molecular flexibility index (Phi) is 3.39. The highest BCUT2D eigenvalue weighted by atomic mass is 32.1. The van der Waals surface area contributed by atoms with Gasteiger partial charge in [0.2, 0.25) is 0 Å². The van der Waals surface area contributed by atoms with E-state index in [1.165, 1.54) is 11.3 Å². The zero-order valence-electron chi connectivity index (χ0n) is 10.6. The molecule has 94 valence electrons. The quantitative estimate of drug-likeness (QED) is 0.811. The average Bonchev–Trinajstić information content (AvgIpc) is 2.65. The van der Waals surface area contributed by atoms with Gasteiger partial charge in [-0.1, -0.05) is 0 Å². The second kappa shape index (κ2) is 4.82. The molecule has 2 N–H and O–H groups in total. The van der Waals surface area contributed by atoms with Crippen molar-refractivity contribution in [3.8, 4) is 5.75 Å².